The Hall–Kier alpha value is 0.170. The van der Waals surface area contributed by atoms with E-state index in [1.54, 1.807) is 11.3 Å². The lowest BCUT2D eigenvalue weighted by molar-refractivity contribution is 1.65. The summed E-state index contributed by atoms with van der Waals surface area (Å²) in [5, 5.41) is 0. The third kappa shape index (κ3) is 2.56. The highest BCUT2D eigenvalue weighted by Crippen LogP contribution is 2.37. The zero-order chi connectivity index (χ0) is 10.0. The van der Waals surface area contributed by atoms with Crippen molar-refractivity contribution in [3.05, 3.63) is 39.2 Å². The molecule has 1 aromatic heterocycles. The Balaban J connectivity index is 3.35. The molecule has 0 saturated heterocycles. The topological polar surface area (TPSA) is 0 Å². The summed E-state index contributed by atoms with van der Waals surface area (Å²) < 4.78 is 2.17. The number of hydrogen-bond donors (Lipinski definition) is 0. The summed E-state index contributed by atoms with van der Waals surface area (Å²) in [6.45, 7) is 9.58. The van der Waals surface area contributed by atoms with Crippen LogP contribution in [0.2, 0.25) is 0 Å². The van der Waals surface area contributed by atoms with Gasteiger partial charge in [-0.3, -0.25) is 0 Å². The van der Waals surface area contributed by atoms with Crippen LogP contribution in [0.1, 0.15) is 17.4 Å². The number of halogens is 2. The summed E-state index contributed by atoms with van der Waals surface area (Å²) in [7, 11) is 0. The quantitative estimate of drug-likeness (QED) is 0.295. The molecule has 1 aromatic rings. The molecular formula is C10H8BrIS. The van der Waals surface area contributed by atoms with E-state index in [1.165, 1.54) is 10.4 Å². The Morgan fingerprint density at radius 1 is 1.77 bits per heavy atom. The number of thiophene rings is 1. The molecular weight excluding hydrogens is 359 g/mol. The van der Waals surface area contributed by atoms with Gasteiger partial charge in [-0.25, -0.2) is 0 Å². The van der Waals surface area contributed by atoms with Gasteiger partial charge in [0.05, 0.1) is 11.3 Å². The smallest absolute Gasteiger partial charge is 0.139 e. The lowest BCUT2D eigenvalue weighted by Crippen LogP contribution is -1.77. The number of allylic oxidation sites excluding steroid dienone is 1. The third-order valence-electron chi connectivity index (χ3n) is 1.62. The molecule has 0 N–H and O–H groups in total. The molecule has 0 unspecified atom stereocenters. The van der Waals surface area contributed by atoms with Crippen LogP contribution in [0.3, 0.4) is 0 Å². The van der Waals surface area contributed by atoms with Crippen LogP contribution < -0.4 is 0 Å². The third-order valence-corrected chi connectivity index (χ3v) is 4.22. The van der Waals surface area contributed by atoms with Gasteiger partial charge in [-0.1, -0.05) is 68.9 Å². The Labute approximate surface area is 104 Å². The van der Waals surface area contributed by atoms with Crippen molar-refractivity contribution >= 4 is 59.0 Å². The molecule has 0 radical (unpaired) electrons. The van der Waals surface area contributed by atoms with Crippen molar-refractivity contribution in [3.63, 3.8) is 0 Å². The fraction of sp³-hybridized carbons (Fsp3) is 0.100. The van der Waals surface area contributed by atoms with Crippen LogP contribution >= 0.6 is 49.9 Å². The standard InChI is InChI=1S/C10H8BrIS/c1-4-6(2)8-5-9(11)13-10(8)7(3)12/h5H,1,3H2,2H3. The maximum atomic E-state index is 3.93. The molecule has 68 valence electrons. The van der Waals surface area contributed by atoms with E-state index in [-0.39, 0.29) is 0 Å². The maximum Gasteiger partial charge on any atom is 0.162 e. The van der Waals surface area contributed by atoms with Gasteiger partial charge in [-0.15, -0.1) is 5.73 Å². The second-order valence-corrected chi connectivity index (χ2v) is 6.23. The van der Waals surface area contributed by atoms with Gasteiger partial charge in [-0.05, 0) is 6.92 Å². The van der Waals surface area contributed by atoms with E-state index in [4.69, 9.17) is 0 Å². The molecule has 13 heavy (non-hydrogen) atoms. The molecule has 1 rings (SSSR count). The van der Waals surface area contributed by atoms with Crippen LogP contribution in [-0.4, -0.2) is 0 Å². The summed E-state index contributed by atoms with van der Waals surface area (Å²) in [6, 6.07) is 2.08. The van der Waals surface area contributed by atoms with Crippen LogP contribution in [-0.2, 0) is 0 Å². The second-order valence-electron chi connectivity index (χ2n) is 2.50. The molecule has 0 nitrogen and oxygen atoms in total. The molecule has 0 fully saturated rings. The highest BCUT2D eigenvalue weighted by atomic mass is 127. The second kappa shape index (κ2) is 4.60. The maximum absolute atomic E-state index is 3.93. The lowest BCUT2D eigenvalue weighted by Gasteiger charge is -2.01. The molecule has 0 saturated carbocycles. The molecule has 0 spiro atoms. The summed E-state index contributed by atoms with van der Waals surface area (Å²) in [5.41, 5.74) is 5.13. The molecule has 0 bridgehead atoms. The largest absolute Gasteiger partial charge is 0.162 e. The summed E-state index contributed by atoms with van der Waals surface area (Å²) in [6.07, 6.45) is 0. The van der Waals surface area contributed by atoms with Gasteiger partial charge in [0.2, 0.25) is 0 Å². The monoisotopic (exact) mass is 366 g/mol. The minimum absolute atomic E-state index is 1.05. The van der Waals surface area contributed by atoms with Gasteiger partial charge in [0.25, 0.3) is 0 Å². The fourth-order valence-electron chi connectivity index (χ4n) is 0.936. The molecule has 0 aliphatic carbocycles. The van der Waals surface area contributed by atoms with Gasteiger partial charge in [0, 0.05) is 3.58 Å². The Kier molecular flexibility index (Phi) is 3.98. The Morgan fingerprint density at radius 3 is 2.85 bits per heavy atom. The van der Waals surface area contributed by atoms with Crippen LogP contribution in [0.4, 0.5) is 0 Å². The molecule has 0 aromatic carbocycles. The summed E-state index contributed by atoms with van der Waals surface area (Å²) >= 11 is 7.38. The van der Waals surface area contributed by atoms with Crippen molar-refractivity contribution in [3.8, 4) is 0 Å². The van der Waals surface area contributed by atoms with Gasteiger partial charge < -0.3 is 0 Å². The SMILES string of the molecule is C=C=C(C)c1c[c-](Br)[s+]c1C(=C)I. The van der Waals surface area contributed by atoms with E-state index >= 15 is 0 Å². The van der Waals surface area contributed by atoms with Gasteiger partial charge >= 0.3 is 0 Å². The first kappa shape index (κ1) is 11.2. The zero-order valence-corrected chi connectivity index (χ0v) is 11.7. The van der Waals surface area contributed by atoms with Gasteiger partial charge in [-0.2, -0.15) is 0 Å². The lowest BCUT2D eigenvalue weighted by atomic mass is 10.1. The van der Waals surface area contributed by atoms with E-state index in [0.717, 1.165) is 12.9 Å². The predicted octanol–water partition coefficient (Wildman–Crippen LogP) is 5.10. The van der Waals surface area contributed by atoms with Crippen molar-refractivity contribution in [1.29, 1.82) is 0 Å². The van der Waals surface area contributed by atoms with Crippen LogP contribution in [0.15, 0.2) is 28.7 Å². The predicted molar refractivity (Wildman–Crippen MR) is 73.3 cm³/mol. The first-order valence-corrected chi connectivity index (χ1v) is 6.26. The fourth-order valence-corrected chi connectivity index (χ4v) is 3.08. The van der Waals surface area contributed by atoms with Crippen molar-refractivity contribution in [2.75, 3.05) is 0 Å². The van der Waals surface area contributed by atoms with Crippen LogP contribution in [0.5, 0.6) is 0 Å². The van der Waals surface area contributed by atoms with Crippen molar-refractivity contribution in [1.82, 2.24) is 0 Å². The molecule has 1 heterocycles. The van der Waals surface area contributed by atoms with E-state index in [9.17, 15) is 0 Å². The molecule has 0 aliphatic heterocycles. The minimum atomic E-state index is 1.05. The average Bonchev–Trinajstić information content (AvgIpc) is 2.46. The number of rotatable bonds is 2. The van der Waals surface area contributed by atoms with Crippen molar-refractivity contribution in [2.45, 2.75) is 6.92 Å². The highest BCUT2D eigenvalue weighted by Gasteiger charge is 2.10. The Morgan fingerprint density at radius 2 is 2.38 bits per heavy atom. The highest BCUT2D eigenvalue weighted by molar-refractivity contribution is 14.1. The van der Waals surface area contributed by atoms with Crippen LogP contribution in [0, 0.1) is 0 Å². The molecule has 0 atom stereocenters. The molecule has 3 heteroatoms. The first-order valence-electron chi connectivity index (χ1n) is 3.57. The van der Waals surface area contributed by atoms with E-state index < -0.39 is 0 Å². The molecule has 0 aliphatic rings. The van der Waals surface area contributed by atoms with E-state index in [0.29, 0.717) is 0 Å². The van der Waals surface area contributed by atoms with Crippen molar-refractivity contribution in [2.24, 2.45) is 0 Å². The zero-order valence-electron chi connectivity index (χ0n) is 7.16. The van der Waals surface area contributed by atoms with Crippen molar-refractivity contribution < 1.29 is 0 Å². The van der Waals surface area contributed by atoms with E-state index in [2.05, 4.69) is 63.5 Å². The van der Waals surface area contributed by atoms with Crippen LogP contribution in [0.25, 0.3) is 9.15 Å². The minimum Gasteiger partial charge on any atom is -0.139 e. The van der Waals surface area contributed by atoms with Gasteiger partial charge in [0.1, 0.15) is 4.88 Å². The van der Waals surface area contributed by atoms with E-state index in [1.807, 2.05) is 6.92 Å². The summed E-state index contributed by atoms with van der Waals surface area (Å²) in [4.78, 5) is 1.20. The Bertz CT molecular complexity index is 397. The average molecular weight is 367 g/mol. The molecule has 0 amide bonds. The first-order chi connectivity index (χ1) is 6.06. The number of hydrogen-bond acceptors (Lipinski definition) is 0. The summed E-state index contributed by atoms with van der Waals surface area (Å²) in [5.74, 6) is 0. The normalized spacial score (nSPS) is 9.46. The van der Waals surface area contributed by atoms with Gasteiger partial charge in [0.15, 0.2) is 3.79 Å².